The van der Waals surface area contributed by atoms with Crippen molar-refractivity contribution in [2.75, 3.05) is 13.7 Å². The first-order valence-electron chi connectivity index (χ1n) is 5.70. The molecule has 1 heterocycles. The average molecular weight is 221 g/mol. The molecule has 16 heavy (non-hydrogen) atoms. The van der Waals surface area contributed by atoms with E-state index in [1.165, 1.54) is 5.56 Å². The summed E-state index contributed by atoms with van der Waals surface area (Å²) in [6, 6.07) is 6.35. The van der Waals surface area contributed by atoms with E-state index < -0.39 is 0 Å². The predicted molar refractivity (Wildman–Crippen MR) is 63.5 cm³/mol. The Morgan fingerprint density at radius 3 is 2.81 bits per heavy atom. The summed E-state index contributed by atoms with van der Waals surface area (Å²) in [7, 11) is 1.67. The maximum absolute atomic E-state index is 10.1. The van der Waals surface area contributed by atoms with Crippen LogP contribution in [0.1, 0.15) is 31.1 Å². The highest BCUT2D eigenvalue weighted by molar-refractivity contribution is 5.38. The first-order chi connectivity index (χ1) is 7.61. The van der Waals surface area contributed by atoms with Crippen molar-refractivity contribution in [2.24, 2.45) is 0 Å². The summed E-state index contributed by atoms with van der Waals surface area (Å²) >= 11 is 0. The Morgan fingerprint density at radius 2 is 2.19 bits per heavy atom. The second kappa shape index (κ2) is 4.44. The fourth-order valence-corrected chi connectivity index (χ4v) is 2.17. The zero-order valence-electron chi connectivity index (χ0n) is 10.1. The number of aliphatic hydroxyl groups is 1. The Kier molecular flexibility index (Phi) is 3.17. The number of methoxy groups -OCH3 is 1. The van der Waals surface area contributed by atoms with Crippen LogP contribution in [0.3, 0.4) is 0 Å². The third-order valence-corrected chi connectivity index (χ3v) is 3.22. The van der Waals surface area contributed by atoms with Gasteiger partial charge in [-0.25, -0.2) is 0 Å². The molecule has 0 radical (unpaired) electrons. The summed E-state index contributed by atoms with van der Waals surface area (Å²) in [5.74, 6) is 0.858. The first kappa shape index (κ1) is 11.4. The number of nitrogens with zero attached hydrogens (tertiary/aromatic N) is 1. The number of hydrogen-bond donors (Lipinski definition) is 1. The van der Waals surface area contributed by atoms with E-state index in [9.17, 15) is 5.11 Å². The van der Waals surface area contributed by atoms with Crippen molar-refractivity contribution in [3.8, 4) is 5.75 Å². The molecule has 3 nitrogen and oxygen atoms in total. The highest BCUT2D eigenvalue weighted by Gasteiger charge is 2.25. The van der Waals surface area contributed by atoms with E-state index in [-0.39, 0.29) is 6.10 Å². The Morgan fingerprint density at radius 1 is 1.44 bits per heavy atom. The van der Waals surface area contributed by atoms with Crippen LogP contribution in [0.2, 0.25) is 0 Å². The Balaban J connectivity index is 2.31. The zero-order chi connectivity index (χ0) is 11.7. The topological polar surface area (TPSA) is 32.7 Å². The van der Waals surface area contributed by atoms with Crippen LogP contribution in [0.5, 0.6) is 5.75 Å². The average Bonchev–Trinajstić information content (AvgIpc) is 2.28. The molecule has 1 aromatic rings. The number of benzene rings is 1. The maximum atomic E-state index is 10.1. The Labute approximate surface area is 96.6 Å². The molecule has 0 aliphatic carbocycles. The van der Waals surface area contributed by atoms with Gasteiger partial charge in [0.15, 0.2) is 0 Å². The van der Waals surface area contributed by atoms with E-state index in [4.69, 9.17) is 4.74 Å². The molecule has 0 amide bonds. The van der Waals surface area contributed by atoms with E-state index in [2.05, 4.69) is 18.7 Å². The zero-order valence-corrected chi connectivity index (χ0v) is 10.1. The SMILES string of the molecule is COc1ccc2c(c1)CN(C(C)C)CC2O. The third-order valence-electron chi connectivity index (χ3n) is 3.22. The summed E-state index contributed by atoms with van der Waals surface area (Å²) in [6.45, 7) is 5.91. The first-order valence-corrected chi connectivity index (χ1v) is 5.70. The highest BCUT2D eigenvalue weighted by atomic mass is 16.5. The molecule has 0 bridgehead atoms. The molecule has 3 heteroatoms. The van der Waals surface area contributed by atoms with E-state index in [0.717, 1.165) is 24.4 Å². The van der Waals surface area contributed by atoms with Gasteiger partial charge < -0.3 is 9.84 Å². The van der Waals surface area contributed by atoms with Crippen molar-refractivity contribution in [3.05, 3.63) is 29.3 Å². The summed E-state index contributed by atoms with van der Waals surface area (Å²) in [6.07, 6.45) is -0.378. The Bertz CT molecular complexity index is 376. The van der Waals surface area contributed by atoms with Gasteiger partial charge in [0.05, 0.1) is 13.2 Å². The maximum Gasteiger partial charge on any atom is 0.119 e. The van der Waals surface area contributed by atoms with E-state index >= 15 is 0 Å². The number of hydrogen-bond acceptors (Lipinski definition) is 3. The molecule has 0 saturated carbocycles. The van der Waals surface area contributed by atoms with Crippen LogP contribution < -0.4 is 4.74 Å². The minimum absolute atomic E-state index is 0.378. The lowest BCUT2D eigenvalue weighted by Gasteiger charge is -2.35. The van der Waals surface area contributed by atoms with Gasteiger partial charge in [-0.05, 0) is 37.1 Å². The third kappa shape index (κ3) is 2.06. The van der Waals surface area contributed by atoms with Gasteiger partial charge in [0.2, 0.25) is 0 Å². The van der Waals surface area contributed by atoms with Gasteiger partial charge in [-0.3, -0.25) is 4.90 Å². The van der Waals surface area contributed by atoms with Crippen molar-refractivity contribution in [1.29, 1.82) is 0 Å². The predicted octanol–water partition coefficient (Wildman–Crippen LogP) is 1.95. The number of fused-ring (bicyclic) bond motifs is 1. The van der Waals surface area contributed by atoms with Gasteiger partial charge in [-0.1, -0.05) is 6.07 Å². The van der Waals surface area contributed by atoms with E-state index in [1.54, 1.807) is 7.11 Å². The van der Waals surface area contributed by atoms with Crippen molar-refractivity contribution < 1.29 is 9.84 Å². The molecule has 0 saturated heterocycles. The molecule has 0 spiro atoms. The van der Waals surface area contributed by atoms with Crippen molar-refractivity contribution in [1.82, 2.24) is 4.90 Å². The minimum Gasteiger partial charge on any atom is -0.497 e. The van der Waals surface area contributed by atoms with Gasteiger partial charge in [0.25, 0.3) is 0 Å². The minimum atomic E-state index is -0.378. The monoisotopic (exact) mass is 221 g/mol. The van der Waals surface area contributed by atoms with Crippen molar-refractivity contribution in [2.45, 2.75) is 32.5 Å². The molecule has 1 N–H and O–H groups in total. The standard InChI is InChI=1S/C13H19NO2/c1-9(2)14-7-10-6-11(16-3)4-5-12(10)13(15)8-14/h4-6,9,13,15H,7-8H2,1-3H3. The lowest BCUT2D eigenvalue weighted by atomic mass is 9.96. The lowest BCUT2D eigenvalue weighted by Crippen LogP contribution is -2.38. The van der Waals surface area contributed by atoms with Crippen LogP contribution in [0.4, 0.5) is 0 Å². The molecule has 1 aliphatic rings. The van der Waals surface area contributed by atoms with Gasteiger partial charge in [0.1, 0.15) is 5.75 Å². The summed E-state index contributed by atoms with van der Waals surface area (Å²) in [4.78, 5) is 2.27. The van der Waals surface area contributed by atoms with Crippen LogP contribution >= 0.6 is 0 Å². The fourth-order valence-electron chi connectivity index (χ4n) is 2.17. The molecule has 0 aromatic heterocycles. The smallest absolute Gasteiger partial charge is 0.119 e. The van der Waals surface area contributed by atoms with E-state index in [0.29, 0.717) is 6.04 Å². The molecule has 1 aromatic carbocycles. The van der Waals surface area contributed by atoms with Gasteiger partial charge in [-0.15, -0.1) is 0 Å². The molecule has 1 unspecified atom stereocenters. The molecule has 88 valence electrons. The van der Waals surface area contributed by atoms with Crippen LogP contribution in [0.15, 0.2) is 18.2 Å². The molecule has 1 atom stereocenters. The van der Waals surface area contributed by atoms with E-state index in [1.807, 2.05) is 18.2 Å². The lowest BCUT2D eigenvalue weighted by molar-refractivity contribution is 0.0743. The summed E-state index contributed by atoms with van der Waals surface area (Å²) in [5.41, 5.74) is 2.21. The normalized spacial score (nSPS) is 20.9. The second-order valence-corrected chi connectivity index (χ2v) is 4.60. The van der Waals surface area contributed by atoms with Crippen LogP contribution in [-0.2, 0) is 6.54 Å². The van der Waals surface area contributed by atoms with Gasteiger partial charge in [0, 0.05) is 19.1 Å². The van der Waals surface area contributed by atoms with Crippen LogP contribution in [-0.4, -0.2) is 29.7 Å². The Hall–Kier alpha value is -1.06. The number of β-amino-alcohol motifs (C(OH)–C–C–N with tert-alkyl or cyclic N) is 1. The second-order valence-electron chi connectivity index (χ2n) is 4.60. The fraction of sp³-hybridized carbons (Fsp3) is 0.538. The van der Waals surface area contributed by atoms with Gasteiger partial charge in [-0.2, -0.15) is 0 Å². The molecular weight excluding hydrogens is 202 g/mol. The van der Waals surface area contributed by atoms with Crippen LogP contribution in [0.25, 0.3) is 0 Å². The number of rotatable bonds is 2. The molecule has 1 aliphatic heterocycles. The van der Waals surface area contributed by atoms with Crippen molar-refractivity contribution >= 4 is 0 Å². The van der Waals surface area contributed by atoms with Crippen molar-refractivity contribution in [3.63, 3.8) is 0 Å². The quantitative estimate of drug-likeness (QED) is 0.828. The van der Waals surface area contributed by atoms with Crippen LogP contribution in [0, 0.1) is 0 Å². The highest BCUT2D eigenvalue weighted by Crippen LogP contribution is 2.30. The molecule has 0 fully saturated rings. The summed E-state index contributed by atoms with van der Waals surface area (Å²) < 4.78 is 5.21. The summed E-state index contributed by atoms with van der Waals surface area (Å²) in [5, 5.41) is 10.1. The van der Waals surface area contributed by atoms with Gasteiger partial charge >= 0.3 is 0 Å². The number of ether oxygens (including phenoxy) is 1. The molecule has 2 rings (SSSR count). The molecular formula is C13H19NO2. The largest absolute Gasteiger partial charge is 0.497 e. The number of aliphatic hydroxyl groups excluding tert-OH is 1.